The molecule has 0 saturated carbocycles. The van der Waals surface area contributed by atoms with Gasteiger partial charge in [0.25, 0.3) is 0 Å². The van der Waals surface area contributed by atoms with Gasteiger partial charge in [-0.05, 0) is 49.4 Å². The van der Waals surface area contributed by atoms with Crippen LogP contribution in [0.2, 0.25) is 0 Å². The molecule has 1 aromatic carbocycles. The molecule has 1 heterocycles. The first-order valence-corrected chi connectivity index (χ1v) is 10.9. The predicted molar refractivity (Wildman–Crippen MR) is 112 cm³/mol. The van der Waals surface area contributed by atoms with Gasteiger partial charge in [-0.3, -0.25) is 9.69 Å². The molecule has 0 amide bonds. The standard InChI is InChI=1S/C23H37NO4/c1-3-5-14-26-15-6-7-16-28-23-9-8-21(19-20(23)4-2)22(25)10-11-24-12-17-27-18-13-24/h8-9,19H,3-7,10-18H2,1-2H3. The van der Waals surface area contributed by atoms with E-state index in [-0.39, 0.29) is 5.78 Å². The van der Waals surface area contributed by atoms with Gasteiger partial charge in [-0.15, -0.1) is 0 Å². The van der Waals surface area contributed by atoms with Crippen molar-refractivity contribution >= 4 is 5.78 Å². The van der Waals surface area contributed by atoms with Crippen LogP contribution in [0.3, 0.4) is 0 Å². The number of carbonyl (C=O) groups is 1. The molecule has 1 aromatic rings. The van der Waals surface area contributed by atoms with E-state index in [1.54, 1.807) is 0 Å². The van der Waals surface area contributed by atoms with Crippen molar-refractivity contribution in [1.82, 2.24) is 4.90 Å². The van der Waals surface area contributed by atoms with E-state index in [2.05, 4.69) is 18.7 Å². The Morgan fingerprint density at radius 2 is 1.82 bits per heavy atom. The van der Waals surface area contributed by atoms with Gasteiger partial charge < -0.3 is 14.2 Å². The molecule has 5 nitrogen and oxygen atoms in total. The maximum Gasteiger partial charge on any atom is 0.164 e. The van der Waals surface area contributed by atoms with Gasteiger partial charge in [-0.2, -0.15) is 0 Å². The van der Waals surface area contributed by atoms with E-state index in [0.29, 0.717) is 13.0 Å². The largest absolute Gasteiger partial charge is 0.493 e. The lowest BCUT2D eigenvalue weighted by molar-refractivity contribution is 0.0370. The molecule has 158 valence electrons. The predicted octanol–water partition coefficient (Wildman–Crippen LogP) is 4.13. The third-order valence-corrected chi connectivity index (χ3v) is 5.10. The highest BCUT2D eigenvalue weighted by atomic mass is 16.5. The Bertz CT molecular complexity index is 570. The number of aryl methyl sites for hydroxylation is 1. The van der Waals surface area contributed by atoms with E-state index in [4.69, 9.17) is 14.2 Å². The molecule has 0 atom stereocenters. The Labute approximate surface area is 170 Å². The van der Waals surface area contributed by atoms with Crippen molar-refractivity contribution in [3.8, 4) is 5.75 Å². The molecule has 0 N–H and O–H groups in total. The van der Waals surface area contributed by atoms with E-state index in [1.807, 2.05) is 18.2 Å². The van der Waals surface area contributed by atoms with Gasteiger partial charge in [0.1, 0.15) is 5.75 Å². The van der Waals surface area contributed by atoms with E-state index in [0.717, 1.165) is 88.6 Å². The normalized spacial score (nSPS) is 14.9. The van der Waals surface area contributed by atoms with Crippen LogP contribution in [0.1, 0.15) is 61.9 Å². The van der Waals surface area contributed by atoms with E-state index >= 15 is 0 Å². The van der Waals surface area contributed by atoms with Crippen LogP contribution in [-0.4, -0.2) is 63.4 Å². The van der Waals surface area contributed by atoms with Crippen molar-refractivity contribution < 1.29 is 19.0 Å². The Balaban J connectivity index is 1.73. The van der Waals surface area contributed by atoms with Gasteiger partial charge in [0, 0.05) is 44.8 Å². The Kier molecular flexibility index (Phi) is 11.2. The van der Waals surface area contributed by atoms with Crippen LogP contribution in [-0.2, 0) is 15.9 Å². The number of benzene rings is 1. The molecular formula is C23H37NO4. The van der Waals surface area contributed by atoms with Gasteiger partial charge in [0.2, 0.25) is 0 Å². The number of ether oxygens (including phenoxy) is 3. The zero-order valence-electron chi connectivity index (χ0n) is 17.7. The topological polar surface area (TPSA) is 48.0 Å². The smallest absolute Gasteiger partial charge is 0.164 e. The first kappa shape index (κ1) is 22.9. The molecule has 1 aliphatic heterocycles. The maximum atomic E-state index is 12.6. The van der Waals surface area contributed by atoms with Crippen LogP contribution in [0.4, 0.5) is 0 Å². The molecule has 2 rings (SSSR count). The summed E-state index contributed by atoms with van der Waals surface area (Å²) in [6.45, 7) is 10.8. The minimum Gasteiger partial charge on any atom is -0.493 e. The highest BCUT2D eigenvalue weighted by Gasteiger charge is 2.14. The van der Waals surface area contributed by atoms with Crippen molar-refractivity contribution in [3.63, 3.8) is 0 Å². The summed E-state index contributed by atoms with van der Waals surface area (Å²) >= 11 is 0. The number of hydrogen-bond donors (Lipinski definition) is 0. The van der Waals surface area contributed by atoms with Crippen molar-refractivity contribution in [2.24, 2.45) is 0 Å². The van der Waals surface area contributed by atoms with E-state index < -0.39 is 0 Å². The Morgan fingerprint density at radius 1 is 1.07 bits per heavy atom. The van der Waals surface area contributed by atoms with Gasteiger partial charge in [-0.1, -0.05) is 20.3 Å². The van der Waals surface area contributed by atoms with Gasteiger partial charge >= 0.3 is 0 Å². The molecule has 5 heteroatoms. The first-order chi connectivity index (χ1) is 13.7. The average Bonchev–Trinajstić information content (AvgIpc) is 2.74. The summed E-state index contributed by atoms with van der Waals surface area (Å²) in [5, 5.41) is 0. The lowest BCUT2D eigenvalue weighted by atomic mass is 10.0. The van der Waals surface area contributed by atoms with Crippen LogP contribution < -0.4 is 4.74 Å². The maximum absolute atomic E-state index is 12.6. The first-order valence-electron chi connectivity index (χ1n) is 10.9. The van der Waals surface area contributed by atoms with Crippen LogP contribution in [0.25, 0.3) is 0 Å². The molecule has 0 radical (unpaired) electrons. The minimum atomic E-state index is 0.206. The Morgan fingerprint density at radius 3 is 2.57 bits per heavy atom. The summed E-state index contributed by atoms with van der Waals surface area (Å²) in [7, 11) is 0. The molecule has 0 aromatic heterocycles. The molecule has 1 saturated heterocycles. The highest BCUT2D eigenvalue weighted by molar-refractivity contribution is 5.96. The van der Waals surface area contributed by atoms with Gasteiger partial charge in [0.15, 0.2) is 5.78 Å². The van der Waals surface area contributed by atoms with Crippen molar-refractivity contribution in [2.45, 2.75) is 52.4 Å². The summed E-state index contributed by atoms with van der Waals surface area (Å²) in [5.74, 6) is 1.11. The third-order valence-electron chi connectivity index (χ3n) is 5.10. The Hall–Kier alpha value is -1.43. The summed E-state index contributed by atoms with van der Waals surface area (Å²) in [5.41, 5.74) is 1.90. The number of unbranched alkanes of at least 4 members (excludes halogenated alkanes) is 2. The third kappa shape index (κ3) is 8.29. The molecule has 28 heavy (non-hydrogen) atoms. The fourth-order valence-electron chi connectivity index (χ4n) is 3.24. The fraction of sp³-hybridized carbons (Fsp3) is 0.696. The summed E-state index contributed by atoms with van der Waals surface area (Å²) in [4.78, 5) is 14.9. The van der Waals surface area contributed by atoms with Crippen molar-refractivity contribution in [2.75, 3.05) is 52.7 Å². The zero-order chi connectivity index (χ0) is 20.0. The molecule has 1 fully saturated rings. The number of rotatable bonds is 14. The minimum absolute atomic E-state index is 0.206. The summed E-state index contributed by atoms with van der Waals surface area (Å²) < 4.78 is 16.9. The zero-order valence-corrected chi connectivity index (χ0v) is 17.7. The highest BCUT2D eigenvalue weighted by Crippen LogP contribution is 2.22. The molecule has 0 spiro atoms. The lowest BCUT2D eigenvalue weighted by Gasteiger charge is -2.26. The molecule has 0 unspecified atom stereocenters. The second-order valence-electron chi connectivity index (χ2n) is 7.32. The van der Waals surface area contributed by atoms with Crippen LogP contribution in [0, 0.1) is 0 Å². The number of ketones is 1. The van der Waals surface area contributed by atoms with Crippen LogP contribution >= 0.6 is 0 Å². The summed E-state index contributed by atoms with van der Waals surface area (Å²) in [6.07, 6.45) is 5.72. The second kappa shape index (κ2) is 13.7. The number of carbonyl (C=O) groups excluding carboxylic acids is 1. The van der Waals surface area contributed by atoms with Crippen LogP contribution in [0.15, 0.2) is 18.2 Å². The van der Waals surface area contributed by atoms with Crippen molar-refractivity contribution in [1.29, 1.82) is 0 Å². The molecule has 0 aliphatic carbocycles. The number of Topliss-reactive ketones (excluding diaryl/α,β-unsaturated/α-hetero) is 1. The average molecular weight is 392 g/mol. The second-order valence-corrected chi connectivity index (χ2v) is 7.32. The summed E-state index contributed by atoms with van der Waals surface area (Å²) in [6, 6.07) is 5.87. The van der Waals surface area contributed by atoms with Gasteiger partial charge in [0.05, 0.1) is 19.8 Å². The van der Waals surface area contributed by atoms with E-state index in [1.165, 1.54) is 6.42 Å². The van der Waals surface area contributed by atoms with Crippen molar-refractivity contribution in [3.05, 3.63) is 29.3 Å². The molecular weight excluding hydrogens is 354 g/mol. The SMILES string of the molecule is CCCCOCCCCOc1ccc(C(=O)CCN2CCOCC2)cc1CC. The lowest BCUT2D eigenvalue weighted by Crippen LogP contribution is -2.37. The monoisotopic (exact) mass is 391 g/mol. The van der Waals surface area contributed by atoms with Crippen LogP contribution in [0.5, 0.6) is 5.75 Å². The number of hydrogen-bond acceptors (Lipinski definition) is 5. The van der Waals surface area contributed by atoms with Gasteiger partial charge in [-0.25, -0.2) is 0 Å². The number of nitrogens with zero attached hydrogens (tertiary/aromatic N) is 1. The fourth-order valence-corrected chi connectivity index (χ4v) is 3.24. The molecule has 1 aliphatic rings. The molecule has 0 bridgehead atoms. The quantitative estimate of drug-likeness (QED) is 0.352. The number of morpholine rings is 1. The van der Waals surface area contributed by atoms with E-state index in [9.17, 15) is 4.79 Å².